The smallest absolute Gasteiger partial charge is 0.312 e. The largest absolute Gasteiger partial charge is 0.481 e. The molecular formula is C18H24N4O2. The molecule has 0 radical (unpaired) electrons. The Hall–Kier alpha value is -1.92. The van der Waals surface area contributed by atoms with Crippen molar-refractivity contribution >= 4 is 11.6 Å². The number of nitrogens with zero attached hydrogens (tertiary/aromatic N) is 3. The maximum Gasteiger partial charge on any atom is 0.312 e. The number of carboxylic acids is 1. The number of carbonyl (C=O) groups is 1. The van der Waals surface area contributed by atoms with Crippen molar-refractivity contribution in [2.24, 2.45) is 5.41 Å². The van der Waals surface area contributed by atoms with E-state index in [2.05, 4.69) is 40.6 Å². The minimum absolute atomic E-state index is 0.101. The molecular weight excluding hydrogens is 304 g/mol. The van der Waals surface area contributed by atoms with Gasteiger partial charge in [-0.1, -0.05) is 6.07 Å². The Morgan fingerprint density at radius 2 is 2.33 bits per heavy atom. The molecule has 0 bridgehead atoms. The van der Waals surface area contributed by atoms with Gasteiger partial charge in [-0.2, -0.15) is 0 Å². The first-order valence-corrected chi connectivity index (χ1v) is 8.70. The Kier molecular flexibility index (Phi) is 3.81. The van der Waals surface area contributed by atoms with Crippen LogP contribution in [0.1, 0.15) is 30.5 Å². The van der Waals surface area contributed by atoms with E-state index in [1.54, 1.807) is 0 Å². The quantitative estimate of drug-likeness (QED) is 0.897. The molecule has 0 saturated carbocycles. The van der Waals surface area contributed by atoms with E-state index in [9.17, 15) is 9.90 Å². The molecule has 0 unspecified atom stereocenters. The lowest BCUT2D eigenvalue weighted by molar-refractivity contribution is -0.157. The summed E-state index contributed by atoms with van der Waals surface area (Å²) in [4.78, 5) is 18.9. The predicted octanol–water partition coefficient (Wildman–Crippen LogP) is 1.67. The lowest BCUT2D eigenvalue weighted by Crippen LogP contribution is -2.62. The molecule has 128 valence electrons. The van der Waals surface area contributed by atoms with E-state index in [4.69, 9.17) is 0 Å². The summed E-state index contributed by atoms with van der Waals surface area (Å²) in [6, 6.07) is 4.18. The van der Waals surface area contributed by atoms with Crippen LogP contribution in [0.4, 0.5) is 0 Å². The third-order valence-corrected chi connectivity index (χ3v) is 5.56. The summed E-state index contributed by atoms with van der Waals surface area (Å²) in [7, 11) is 0. The molecule has 0 aliphatic carbocycles. The fourth-order valence-corrected chi connectivity index (χ4v) is 4.33. The summed E-state index contributed by atoms with van der Waals surface area (Å²) in [6.07, 6.45) is 6.72. The number of hydrogen-bond donors (Lipinski definition) is 2. The molecule has 0 amide bonds. The molecule has 2 fully saturated rings. The van der Waals surface area contributed by atoms with Crippen molar-refractivity contribution in [3.63, 3.8) is 0 Å². The SMILES string of the molecule is Cc1ccc2nc(CN3CC[C@H]4NCCC[C@]4(C(=O)O)C3)cn2c1. The summed E-state index contributed by atoms with van der Waals surface area (Å²) < 4.78 is 2.05. The third-order valence-electron chi connectivity index (χ3n) is 5.56. The normalized spacial score (nSPS) is 28.0. The van der Waals surface area contributed by atoms with Crippen LogP contribution in [0.2, 0.25) is 0 Å². The number of aryl methyl sites for hydroxylation is 1. The molecule has 6 nitrogen and oxygen atoms in total. The van der Waals surface area contributed by atoms with E-state index < -0.39 is 11.4 Å². The second-order valence-electron chi connectivity index (χ2n) is 7.28. The van der Waals surface area contributed by atoms with Crippen molar-refractivity contribution in [1.29, 1.82) is 0 Å². The summed E-state index contributed by atoms with van der Waals surface area (Å²) in [5.41, 5.74) is 2.50. The molecule has 24 heavy (non-hydrogen) atoms. The van der Waals surface area contributed by atoms with Gasteiger partial charge in [0, 0.05) is 38.1 Å². The van der Waals surface area contributed by atoms with Gasteiger partial charge in [-0.15, -0.1) is 0 Å². The lowest BCUT2D eigenvalue weighted by atomic mass is 9.70. The molecule has 2 aliphatic rings. The maximum atomic E-state index is 12.0. The van der Waals surface area contributed by atoms with Gasteiger partial charge >= 0.3 is 5.97 Å². The molecule has 0 spiro atoms. The highest BCUT2D eigenvalue weighted by Gasteiger charge is 2.50. The van der Waals surface area contributed by atoms with E-state index in [-0.39, 0.29) is 6.04 Å². The van der Waals surface area contributed by atoms with Gasteiger partial charge in [0.25, 0.3) is 0 Å². The summed E-state index contributed by atoms with van der Waals surface area (Å²) in [5.74, 6) is -0.657. The van der Waals surface area contributed by atoms with E-state index in [1.165, 1.54) is 5.56 Å². The Bertz CT molecular complexity index is 771. The fraction of sp³-hybridized carbons (Fsp3) is 0.556. The molecule has 2 aromatic heterocycles. The van der Waals surface area contributed by atoms with Crippen molar-refractivity contribution in [2.75, 3.05) is 19.6 Å². The van der Waals surface area contributed by atoms with Gasteiger partial charge in [0.1, 0.15) is 5.65 Å². The number of aliphatic carboxylic acids is 1. The maximum absolute atomic E-state index is 12.0. The number of pyridine rings is 1. The number of carboxylic acid groups (broad SMARTS) is 1. The van der Waals surface area contributed by atoms with Gasteiger partial charge in [0.15, 0.2) is 0 Å². The molecule has 4 heterocycles. The number of fused-ring (bicyclic) bond motifs is 2. The fourth-order valence-electron chi connectivity index (χ4n) is 4.33. The number of imidazole rings is 1. The van der Waals surface area contributed by atoms with Crippen molar-refractivity contribution in [3.05, 3.63) is 35.8 Å². The molecule has 6 heteroatoms. The van der Waals surface area contributed by atoms with E-state index in [0.29, 0.717) is 13.1 Å². The van der Waals surface area contributed by atoms with E-state index in [0.717, 1.165) is 43.7 Å². The number of likely N-dealkylation sites (tertiary alicyclic amines) is 1. The Morgan fingerprint density at radius 3 is 3.17 bits per heavy atom. The molecule has 2 saturated heterocycles. The number of hydrogen-bond acceptors (Lipinski definition) is 4. The monoisotopic (exact) mass is 328 g/mol. The average Bonchev–Trinajstić information content (AvgIpc) is 2.95. The standard InChI is InChI=1S/C18H24N4O2/c1-13-3-4-16-20-14(11-22(16)9-13)10-21-8-5-15-18(12-21,17(23)24)6-2-7-19-15/h3-4,9,11,15,19H,2,5-8,10,12H2,1H3,(H,23,24)/t15-,18+/m1/s1. The third kappa shape index (κ3) is 2.59. The number of piperidine rings is 2. The first-order chi connectivity index (χ1) is 11.6. The van der Waals surface area contributed by atoms with Crippen LogP contribution in [-0.4, -0.2) is 51.0 Å². The molecule has 2 N–H and O–H groups in total. The van der Waals surface area contributed by atoms with E-state index >= 15 is 0 Å². The molecule has 2 aromatic rings. The van der Waals surface area contributed by atoms with Crippen LogP contribution < -0.4 is 5.32 Å². The highest BCUT2D eigenvalue weighted by Crippen LogP contribution is 2.38. The first kappa shape index (κ1) is 15.6. The van der Waals surface area contributed by atoms with Gasteiger partial charge in [0.2, 0.25) is 0 Å². The number of nitrogens with one attached hydrogen (secondary N) is 1. The zero-order chi connectivity index (χ0) is 16.7. The highest BCUT2D eigenvalue weighted by molar-refractivity contribution is 5.76. The summed E-state index contributed by atoms with van der Waals surface area (Å²) >= 11 is 0. The second-order valence-corrected chi connectivity index (χ2v) is 7.28. The molecule has 2 aliphatic heterocycles. The molecule has 2 atom stereocenters. The van der Waals surface area contributed by atoms with Crippen LogP contribution in [0, 0.1) is 12.3 Å². The van der Waals surface area contributed by atoms with Crippen LogP contribution in [-0.2, 0) is 11.3 Å². The Morgan fingerprint density at radius 1 is 1.46 bits per heavy atom. The zero-order valence-electron chi connectivity index (χ0n) is 14.0. The van der Waals surface area contributed by atoms with Gasteiger partial charge in [-0.05, 0) is 44.4 Å². The van der Waals surface area contributed by atoms with Crippen LogP contribution in [0.3, 0.4) is 0 Å². The second kappa shape index (κ2) is 5.86. The zero-order valence-corrected chi connectivity index (χ0v) is 14.0. The predicted molar refractivity (Wildman–Crippen MR) is 90.9 cm³/mol. The molecule has 0 aromatic carbocycles. The van der Waals surface area contributed by atoms with Crippen molar-refractivity contribution in [3.8, 4) is 0 Å². The number of aromatic nitrogens is 2. The topological polar surface area (TPSA) is 69.9 Å². The van der Waals surface area contributed by atoms with Crippen LogP contribution in [0.5, 0.6) is 0 Å². The minimum atomic E-state index is -0.657. The Balaban J connectivity index is 1.55. The van der Waals surface area contributed by atoms with Gasteiger partial charge in [-0.25, -0.2) is 4.98 Å². The van der Waals surface area contributed by atoms with E-state index in [1.807, 2.05) is 10.5 Å². The summed E-state index contributed by atoms with van der Waals surface area (Å²) in [6.45, 7) is 5.23. The first-order valence-electron chi connectivity index (χ1n) is 8.70. The van der Waals surface area contributed by atoms with Gasteiger partial charge in [0.05, 0.1) is 11.1 Å². The average molecular weight is 328 g/mol. The van der Waals surface area contributed by atoms with Crippen molar-refractivity contribution in [2.45, 2.75) is 38.8 Å². The minimum Gasteiger partial charge on any atom is -0.481 e. The highest BCUT2D eigenvalue weighted by atomic mass is 16.4. The molecule has 4 rings (SSSR count). The van der Waals surface area contributed by atoms with Gasteiger partial charge in [-0.3, -0.25) is 9.69 Å². The van der Waals surface area contributed by atoms with Crippen LogP contribution >= 0.6 is 0 Å². The van der Waals surface area contributed by atoms with Crippen LogP contribution in [0.15, 0.2) is 24.5 Å². The van der Waals surface area contributed by atoms with Gasteiger partial charge < -0.3 is 14.8 Å². The number of rotatable bonds is 3. The lowest BCUT2D eigenvalue weighted by Gasteiger charge is -2.48. The summed E-state index contributed by atoms with van der Waals surface area (Å²) in [5, 5.41) is 13.3. The van der Waals surface area contributed by atoms with Crippen molar-refractivity contribution in [1.82, 2.24) is 19.6 Å². The van der Waals surface area contributed by atoms with Crippen LogP contribution in [0.25, 0.3) is 5.65 Å². The van der Waals surface area contributed by atoms with Crippen molar-refractivity contribution < 1.29 is 9.90 Å². The Labute approximate surface area is 141 Å².